The number of hydrogen-bond donors (Lipinski definition) is 1. The molecule has 5 rings (SSSR count). The highest BCUT2D eigenvalue weighted by Gasteiger charge is 2.31. The van der Waals surface area contributed by atoms with Crippen LogP contribution in [0.15, 0.2) is 94.7 Å². The van der Waals surface area contributed by atoms with Crippen LogP contribution >= 0.6 is 23.2 Å². The molecule has 0 radical (unpaired) electrons. The van der Waals surface area contributed by atoms with Crippen molar-refractivity contribution in [2.45, 2.75) is 16.3 Å². The minimum Gasteiger partial charge on any atom is -0.495 e. The summed E-state index contributed by atoms with van der Waals surface area (Å²) >= 11 is 12.4. The average molecular weight is 551 g/mol. The summed E-state index contributed by atoms with van der Waals surface area (Å²) in [4.78, 5) is 29.3. The van der Waals surface area contributed by atoms with Gasteiger partial charge in [0.1, 0.15) is 5.75 Å². The van der Waals surface area contributed by atoms with Gasteiger partial charge >= 0.3 is 0 Å². The minimum absolute atomic E-state index is 0.178. The van der Waals surface area contributed by atoms with Gasteiger partial charge in [0.05, 0.1) is 50.5 Å². The molecule has 2 amide bonds. The van der Waals surface area contributed by atoms with Crippen LogP contribution in [0.1, 0.15) is 26.3 Å². The van der Waals surface area contributed by atoms with Gasteiger partial charge in [0, 0.05) is 16.3 Å². The molecule has 0 fully saturated rings. The van der Waals surface area contributed by atoms with E-state index in [2.05, 4.69) is 5.32 Å². The fourth-order valence-corrected chi connectivity index (χ4v) is 5.94. The zero-order valence-electron chi connectivity index (χ0n) is 19.5. The van der Waals surface area contributed by atoms with Gasteiger partial charge in [-0.2, -0.15) is 0 Å². The summed E-state index contributed by atoms with van der Waals surface area (Å²) in [5.74, 6) is -0.240. The highest BCUT2D eigenvalue weighted by Crippen LogP contribution is 2.36. The molecule has 0 spiro atoms. The van der Waals surface area contributed by atoms with Crippen molar-refractivity contribution in [3.63, 3.8) is 0 Å². The van der Waals surface area contributed by atoms with Gasteiger partial charge in [-0.05, 0) is 66.2 Å². The number of carbonyl (C=O) groups is 2. The lowest BCUT2D eigenvalue weighted by molar-refractivity contribution is 0.0979. The molecule has 1 heterocycles. The van der Waals surface area contributed by atoms with Gasteiger partial charge in [0.15, 0.2) is 0 Å². The molecule has 186 valence electrons. The lowest BCUT2D eigenvalue weighted by Gasteiger charge is -2.24. The fraction of sp³-hybridized carbons (Fsp3) is 0.0714. The number of hydrogen-bond acceptors (Lipinski definition) is 4. The number of amides is 2. The Bertz CT molecular complexity index is 1570. The Labute approximate surface area is 226 Å². The highest BCUT2D eigenvalue weighted by molar-refractivity contribution is 7.85. The molecule has 4 aromatic carbocycles. The maximum atomic E-state index is 13.7. The van der Waals surface area contributed by atoms with Crippen LogP contribution in [0.5, 0.6) is 5.75 Å². The van der Waals surface area contributed by atoms with Gasteiger partial charge < -0.3 is 15.0 Å². The molecule has 0 aromatic heterocycles. The Kier molecular flexibility index (Phi) is 7.02. The summed E-state index contributed by atoms with van der Waals surface area (Å²) in [6.07, 6.45) is 0. The predicted octanol–water partition coefficient (Wildman–Crippen LogP) is 6.58. The Hall–Kier alpha value is -3.65. The van der Waals surface area contributed by atoms with E-state index in [9.17, 15) is 13.8 Å². The first kappa shape index (κ1) is 25.0. The van der Waals surface area contributed by atoms with Crippen LogP contribution in [0, 0.1) is 0 Å². The van der Waals surface area contributed by atoms with Crippen LogP contribution in [-0.4, -0.2) is 23.1 Å². The lowest BCUT2D eigenvalue weighted by Crippen LogP contribution is -2.30. The van der Waals surface area contributed by atoms with E-state index >= 15 is 0 Å². The largest absolute Gasteiger partial charge is 0.495 e. The molecule has 0 aliphatic carbocycles. The maximum absolute atomic E-state index is 13.7. The predicted molar refractivity (Wildman–Crippen MR) is 145 cm³/mol. The van der Waals surface area contributed by atoms with Gasteiger partial charge in [-0.15, -0.1) is 0 Å². The molecule has 0 saturated heterocycles. The van der Waals surface area contributed by atoms with Crippen molar-refractivity contribution in [1.29, 1.82) is 0 Å². The van der Waals surface area contributed by atoms with E-state index in [4.69, 9.17) is 27.9 Å². The first-order valence-electron chi connectivity index (χ1n) is 11.2. The highest BCUT2D eigenvalue weighted by atomic mass is 35.5. The van der Waals surface area contributed by atoms with E-state index in [1.807, 2.05) is 6.07 Å². The summed E-state index contributed by atoms with van der Waals surface area (Å²) in [7, 11) is -0.121. The first-order valence-corrected chi connectivity index (χ1v) is 13.1. The van der Waals surface area contributed by atoms with Crippen molar-refractivity contribution < 1.29 is 18.5 Å². The van der Waals surface area contributed by atoms with Gasteiger partial charge in [-0.3, -0.25) is 9.59 Å². The third-order valence-electron chi connectivity index (χ3n) is 5.91. The minimum atomic E-state index is -1.63. The van der Waals surface area contributed by atoms with Gasteiger partial charge in [-0.1, -0.05) is 47.5 Å². The molecular weight excluding hydrogens is 531 g/mol. The second-order valence-corrected chi connectivity index (χ2v) is 10.5. The molecule has 0 unspecified atom stereocenters. The zero-order valence-corrected chi connectivity index (χ0v) is 21.9. The van der Waals surface area contributed by atoms with Gasteiger partial charge in [-0.25, -0.2) is 4.21 Å². The van der Waals surface area contributed by atoms with E-state index < -0.39 is 16.7 Å². The zero-order chi connectivity index (χ0) is 26.1. The Morgan fingerprint density at radius 3 is 2.51 bits per heavy atom. The molecule has 1 aliphatic heterocycles. The molecule has 4 aromatic rings. The summed E-state index contributed by atoms with van der Waals surface area (Å²) < 4.78 is 18.7. The van der Waals surface area contributed by atoms with Crippen LogP contribution in [0.2, 0.25) is 10.0 Å². The number of ether oxygens (including phenoxy) is 1. The number of benzene rings is 4. The molecule has 0 bridgehead atoms. The second kappa shape index (κ2) is 10.4. The maximum Gasteiger partial charge on any atom is 0.259 e. The van der Waals surface area contributed by atoms with E-state index in [0.29, 0.717) is 42.5 Å². The molecule has 1 aliphatic rings. The van der Waals surface area contributed by atoms with Crippen molar-refractivity contribution in [2.24, 2.45) is 0 Å². The van der Waals surface area contributed by atoms with Crippen molar-refractivity contribution >= 4 is 57.2 Å². The molecule has 1 atom stereocenters. The summed E-state index contributed by atoms with van der Waals surface area (Å²) in [5.41, 5.74) is 2.30. The van der Waals surface area contributed by atoms with Crippen molar-refractivity contribution in [1.82, 2.24) is 0 Å². The number of fused-ring (bicyclic) bond motifs is 2. The smallest absolute Gasteiger partial charge is 0.259 e. The number of carbonyl (C=O) groups excluding carboxylic acids is 2. The Morgan fingerprint density at radius 2 is 1.76 bits per heavy atom. The van der Waals surface area contributed by atoms with Crippen molar-refractivity contribution in [3.8, 4) is 5.75 Å². The topological polar surface area (TPSA) is 75.7 Å². The standard InChI is InChI=1S/C28H20Cl2N2O4S/c1-36-24-11-10-20(15-22(24)30)31-27(33)18-9-12-26-23(14-18)32(16-17-5-4-6-19(29)13-17)28(34)21-7-2-3-8-25(21)37(26)35/h2-15H,16H2,1H3,(H,31,33)/t37-/m0/s1. The summed E-state index contributed by atoms with van der Waals surface area (Å²) in [5, 5.41) is 3.70. The van der Waals surface area contributed by atoms with Crippen molar-refractivity contribution in [3.05, 3.63) is 112 Å². The molecule has 6 nitrogen and oxygen atoms in total. The third kappa shape index (κ3) is 4.98. The number of anilines is 2. The lowest BCUT2D eigenvalue weighted by atomic mass is 10.1. The van der Waals surface area contributed by atoms with Crippen LogP contribution in [0.3, 0.4) is 0 Å². The monoisotopic (exact) mass is 550 g/mol. The van der Waals surface area contributed by atoms with Gasteiger partial charge in [0.2, 0.25) is 0 Å². The van der Waals surface area contributed by atoms with E-state index in [1.165, 1.54) is 12.0 Å². The van der Waals surface area contributed by atoms with Crippen LogP contribution in [-0.2, 0) is 17.3 Å². The molecule has 37 heavy (non-hydrogen) atoms. The number of nitrogens with one attached hydrogen (secondary N) is 1. The number of halogens is 2. The van der Waals surface area contributed by atoms with Gasteiger partial charge in [0.25, 0.3) is 11.8 Å². The van der Waals surface area contributed by atoms with Crippen LogP contribution in [0.25, 0.3) is 0 Å². The quantitative estimate of drug-likeness (QED) is 0.304. The number of rotatable bonds is 5. The average Bonchev–Trinajstić information content (AvgIpc) is 2.98. The Balaban J connectivity index is 1.57. The summed E-state index contributed by atoms with van der Waals surface area (Å²) in [6, 6.07) is 23.7. The van der Waals surface area contributed by atoms with E-state index in [1.54, 1.807) is 78.9 Å². The van der Waals surface area contributed by atoms with E-state index in [-0.39, 0.29) is 18.0 Å². The van der Waals surface area contributed by atoms with Crippen molar-refractivity contribution in [2.75, 3.05) is 17.3 Å². The van der Waals surface area contributed by atoms with E-state index in [0.717, 1.165) is 5.56 Å². The summed E-state index contributed by atoms with van der Waals surface area (Å²) in [6.45, 7) is 0.178. The molecule has 0 saturated carbocycles. The SMILES string of the molecule is COc1ccc(NC(=O)c2ccc3c(c2)N(Cc2cccc(Cl)c2)C(=O)c2ccccc2[S@@]3=O)cc1Cl. The molecule has 9 heteroatoms. The molecular formula is C28H20Cl2N2O4S. The second-order valence-electron chi connectivity index (χ2n) is 8.27. The number of methoxy groups -OCH3 is 1. The van der Waals surface area contributed by atoms with Crippen LogP contribution < -0.4 is 15.0 Å². The number of nitrogens with zero attached hydrogens (tertiary/aromatic N) is 1. The fourth-order valence-electron chi connectivity index (χ4n) is 4.13. The third-order valence-corrected chi connectivity index (χ3v) is 7.94. The molecule has 1 N–H and O–H groups in total. The normalized spacial score (nSPS) is 14.4. The first-order chi connectivity index (χ1) is 17.9. The Morgan fingerprint density at radius 1 is 0.946 bits per heavy atom. The van der Waals surface area contributed by atoms with Crippen LogP contribution in [0.4, 0.5) is 11.4 Å².